The number of hydrogen-bond donors (Lipinski definition) is 2. The third-order valence-electron chi connectivity index (χ3n) is 3.32. The van der Waals surface area contributed by atoms with Gasteiger partial charge in [0.1, 0.15) is 0 Å². The molecule has 0 aromatic heterocycles. The van der Waals surface area contributed by atoms with E-state index in [9.17, 15) is 22.8 Å². The lowest BCUT2D eigenvalue weighted by Crippen LogP contribution is -2.30. The summed E-state index contributed by atoms with van der Waals surface area (Å²) >= 11 is 0. The molecule has 9 heteroatoms. The number of carbonyl (C=O) groups excluding carboxylic acids is 2. The van der Waals surface area contributed by atoms with Crippen molar-refractivity contribution in [3.05, 3.63) is 29.3 Å². The summed E-state index contributed by atoms with van der Waals surface area (Å²) in [5.41, 5.74) is 4.25. The summed E-state index contributed by atoms with van der Waals surface area (Å²) in [4.78, 5) is 24.9. The monoisotopic (exact) mass is 351 g/mol. The Hall–Kier alpha value is -1.80. The molecule has 1 fully saturated rings. The zero-order valence-corrected chi connectivity index (χ0v) is 13.0. The normalized spacial score (nSPS) is 14.6. The first-order valence-corrected chi connectivity index (χ1v) is 6.84. The maximum atomic E-state index is 13.0. The molecule has 1 aromatic carbocycles. The second-order valence-corrected chi connectivity index (χ2v) is 4.96. The van der Waals surface area contributed by atoms with Crippen LogP contribution in [0.15, 0.2) is 18.2 Å². The molecule has 1 heterocycles. The van der Waals surface area contributed by atoms with Gasteiger partial charge in [0.05, 0.1) is 5.56 Å². The molecule has 0 aliphatic carbocycles. The van der Waals surface area contributed by atoms with E-state index in [1.807, 2.05) is 0 Å². The van der Waals surface area contributed by atoms with Crippen molar-refractivity contribution < 1.29 is 22.8 Å². The molecule has 1 aromatic rings. The molecule has 1 saturated heterocycles. The molecule has 1 aliphatic rings. The van der Waals surface area contributed by atoms with Crippen LogP contribution in [-0.4, -0.2) is 31.4 Å². The van der Waals surface area contributed by atoms with Gasteiger partial charge < -0.3 is 16.0 Å². The van der Waals surface area contributed by atoms with Crippen LogP contribution in [0.25, 0.3) is 0 Å². The van der Waals surface area contributed by atoms with Crippen molar-refractivity contribution in [2.75, 3.05) is 24.5 Å². The van der Waals surface area contributed by atoms with Crippen molar-refractivity contribution in [1.29, 1.82) is 0 Å². The lowest BCUT2D eigenvalue weighted by atomic mass is 10.1. The number of benzene rings is 1. The number of hydrogen-bond acceptors (Lipinski definition) is 3. The van der Waals surface area contributed by atoms with Crippen LogP contribution in [0.3, 0.4) is 0 Å². The number of carbonyl (C=O) groups is 2. The Morgan fingerprint density at radius 3 is 2.52 bits per heavy atom. The van der Waals surface area contributed by atoms with Crippen LogP contribution >= 0.6 is 12.4 Å². The SMILES string of the molecule is Cl.NCCNC(=O)c1cc(N2CCCC2=O)cc(C(F)(F)F)c1. The predicted octanol–water partition coefficient (Wildman–Crippen LogP) is 1.94. The molecule has 2 amide bonds. The Morgan fingerprint density at radius 1 is 1.30 bits per heavy atom. The van der Waals surface area contributed by atoms with Crippen molar-refractivity contribution >= 4 is 29.9 Å². The maximum absolute atomic E-state index is 13.0. The summed E-state index contributed by atoms with van der Waals surface area (Å²) in [6.07, 6.45) is -3.71. The van der Waals surface area contributed by atoms with E-state index in [0.717, 1.165) is 12.1 Å². The van der Waals surface area contributed by atoms with Gasteiger partial charge >= 0.3 is 6.18 Å². The molecule has 5 nitrogen and oxygen atoms in total. The maximum Gasteiger partial charge on any atom is 0.416 e. The van der Waals surface area contributed by atoms with Gasteiger partial charge in [0, 0.05) is 37.3 Å². The van der Waals surface area contributed by atoms with E-state index in [4.69, 9.17) is 5.73 Å². The average molecular weight is 352 g/mol. The molecule has 0 bridgehead atoms. The molecule has 0 spiro atoms. The fourth-order valence-corrected chi connectivity index (χ4v) is 2.27. The third-order valence-corrected chi connectivity index (χ3v) is 3.32. The van der Waals surface area contributed by atoms with E-state index in [2.05, 4.69) is 5.32 Å². The van der Waals surface area contributed by atoms with Crippen molar-refractivity contribution in [2.24, 2.45) is 5.73 Å². The second-order valence-electron chi connectivity index (χ2n) is 4.96. The fraction of sp³-hybridized carbons (Fsp3) is 0.429. The van der Waals surface area contributed by atoms with Gasteiger partial charge in [-0.05, 0) is 24.6 Å². The zero-order valence-electron chi connectivity index (χ0n) is 12.2. The Morgan fingerprint density at radius 2 is 2.00 bits per heavy atom. The molecule has 3 N–H and O–H groups in total. The van der Waals surface area contributed by atoms with Gasteiger partial charge in [0.2, 0.25) is 5.91 Å². The van der Waals surface area contributed by atoms with Crippen LogP contribution in [0, 0.1) is 0 Å². The van der Waals surface area contributed by atoms with Gasteiger partial charge in [-0.2, -0.15) is 13.2 Å². The molecular weight excluding hydrogens is 335 g/mol. The summed E-state index contributed by atoms with van der Waals surface area (Å²) in [5, 5.41) is 2.42. The van der Waals surface area contributed by atoms with Crippen molar-refractivity contribution in [3.8, 4) is 0 Å². The van der Waals surface area contributed by atoms with Crippen LogP contribution in [0.4, 0.5) is 18.9 Å². The van der Waals surface area contributed by atoms with E-state index in [0.29, 0.717) is 19.4 Å². The van der Waals surface area contributed by atoms with Crippen molar-refractivity contribution in [1.82, 2.24) is 5.32 Å². The fourth-order valence-electron chi connectivity index (χ4n) is 2.27. The second kappa shape index (κ2) is 7.65. The summed E-state index contributed by atoms with van der Waals surface area (Å²) in [7, 11) is 0. The van der Waals surface area contributed by atoms with Crippen LogP contribution in [-0.2, 0) is 11.0 Å². The van der Waals surface area contributed by atoms with Gasteiger partial charge in [-0.25, -0.2) is 0 Å². The Balaban J connectivity index is 0.00000264. The number of nitrogens with two attached hydrogens (primary N) is 1. The number of nitrogens with zero attached hydrogens (tertiary/aromatic N) is 1. The molecule has 0 saturated carbocycles. The standard InChI is InChI=1S/C14H16F3N3O2.ClH/c15-14(16,17)10-6-9(13(22)19-4-3-18)7-11(8-10)20-5-1-2-12(20)21;/h6-8H,1-5,18H2,(H,19,22);1H. The molecule has 23 heavy (non-hydrogen) atoms. The Kier molecular flexibility index (Phi) is 6.40. The molecule has 0 atom stereocenters. The topological polar surface area (TPSA) is 75.4 Å². The number of halogens is 4. The van der Waals surface area contributed by atoms with Gasteiger partial charge in [0.25, 0.3) is 5.91 Å². The predicted molar refractivity (Wildman–Crippen MR) is 81.7 cm³/mol. The van der Waals surface area contributed by atoms with E-state index in [-0.39, 0.29) is 42.7 Å². The molecule has 0 radical (unpaired) electrons. The Bertz CT molecular complexity index is 593. The van der Waals surface area contributed by atoms with E-state index in [1.54, 1.807) is 0 Å². The summed E-state index contributed by atoms with van der Waals surface area (Å²) < 4.78 is 39.0. The van der Waals surface area contributed by atoms with Crippen LogP contribution < -0.4 is 16.0 Å². The number of rotatable bonds is 4. The molecule has 0 unspecified atom stereocenters. The zero-order chi connectivity index (χ0) is 16.3. The van der Waals surface area contributed by atoms with E-state index >= 15 is 0 Å². The Labute approximate surface area is 137 Å². The van der Waals surface area contributed by atoms with Gasteiger partial charge in [-0.1, -0.05) is 0 Å². The van der Waals surface area contributed by atoms with Gasteiger partial charge in [-0.3, -0.25) is 9.59 Å². The first-order valence-electron chi connectivity index (χ1n) is 6.84. The molecule has 128 valence electrons. The minimum absolute atomic E-state index is 0. The number of anilines is 1. The highest BCUT2D eigenvalue weighted by Gasteiger charge is 2.33. The minimum atomic E-state index is -4.60. The molecular formula is C14H17ClF3N3O2. The van der Waals surface area contributed by atoms with Crippen molar-refractivity contribution in [2.45, 2.75) is 19.0 Å². The highest BCUT2D eigenvalue weighted by atomic mass is 35.5. The van der Waals surface area contributed by atoms with Crippen molar-refractivity contribution in [3.63, 3.8) is 0 Å². The summed E-state index contributed by atoms with van der Waals surface area (Å²) in [5.74, 6) is -0.892. The van der Waals surface area contributed by atoms with Crippen LogP contribution in [0.2, 0.25) is 0 Å². The summed E-state index contributed by atoms with van der Waals surface area (Å²) in [6, 6.07) is 2.96. The van der Waals surface area contributed by atoms with Gasteiger partial charge in [-0.15, -0.1) is 12.4 Å². The number of nitrogens with one attached hydrogen (secondary N) is 1. The quantitative estimate of drug-likeness (QED) is 0.870. The first kappa shape index (κ1) is 19.2. The van der Waals surface area contributed by atoms with Gasteiger partial charge in [0.15, 0.2) is 0 Å². The lowest BCUT2D eigenvalue weighted by Gasteiger charge is -2.19. The van der Waals surface area contributed by atoms with Crippen LogP contribution in [0.5, 0.6) is 0 Å². The highest BCUT2D eigenvalue weighted by molar-refractivity contribution is 5.99. The van der Waals surface area contributed by atoms with E-state index < -0.39 is 17.6 Å². The lowest BCUT2D eigenvalue weighted by molar-refractivity contribution is -0.137. The van der Waals surface area contributed by atoms with Crippen LogP contribution in [0.1, 0.15) is 28.8 Å². The first-order chi connectivity index (χ1) is 10.3. The largest absolute Gasteiger partial charge is 0.416 e. The summed E-state index contributed by atoms with van der Waals surface area (Å²) in [6.45, 7) is 0.694. The highest BCUT2D eigenvalue weighted by Crippen LogP contribution is 2.34. The smallest absolute Gasteiger partial charge is 0.351 e. The van der Waals surface area contributed by atoms with E-state index in [1.165, 1.54) is 11.0 Å². The minimum Gasteiger partial charge on any atom is -0.351 e. The third kappa shape index (κ3) is 4.59. The average Bonchev–Trinajstić information content (AvgIpc) is 2.89. The number of alkyl halides is 3. The molecule has 1 aliphatic heterocycles. The number of amides is 2. The molecule has 2 rings (SSSR count).